The Morgan fingerprint density at radius 1 is 0.969 bits per heavy atom. The molecular formula is C27H29N3O2. The number of carbonyl (C=O) groups is 1. The van der Waals surface area contributed by atoms with Gasteiger partial charge in [-0.1, -0.05) is 42.5 Å². The summed E-state index contributed by atoms with van der Waals surface area (Å²) in [5, 5.41) is 0. The van der Waals surface area contributed by atoms with Gasteiger partial charge in [0.2, 0.25) is 5.91 Å². The number of para-hydroxylation sites is 3. The second kappa shape index (κ2) is 9.27. The third kappa shape index (κ3) is 4.52. The summed E-state index contributed by atoms with van der Waals surface area (Å²) in [6.07, 6.45) is -0.318. The number of anilines is 1. The van der Waals surface area contributed by atoms with Crippen LogP contribution in [0.3, 0.4) is 0 Å². The molecule has 1 heterocycles. The van der Waals surface area contributed by atoms with E-state index in [4.69, 9.17) is 9.72 Å². The molecule has 0 spiro atoms. The van der Waals surface area contributed by atoms with Crippen LogP contribution in [0, 0.1) is 6.92 Å². The molecular weight excluding hydrogens is 398 g/mol. The molecule has 1 atom stereocenters. The number of amides is 1. The first kappa shape index (κ1) is 21.6. The van der Waals surface area contributed by atoms with Crippen molar-refractivity contribution in [3.8, 4) is 5.75 Å². The van der Waals surface area contributed by atoms with Crippen LogP contribution in [0.1, 0.15) is 38.3 Å². The monoisotopic (exact) mass is 427 g/mol. The number of benzene rings is 3. The Hall–Kier alpha value is -3.60. The summed E-state index contributed by atoms with van der Waals surface area (Å²) in [5.41, 5.74) is 3.80. The second-order valence-corrected chi connectivity index (χ2v) is 8.31. The third-order valence-corrected chi connectivity index (χ3v) is 5.46. The van der Waals surface area contributed by atoms with Crippen LogP contribution in [0.2, 0.25) is 0 Å². The maximum absolute atomic E-state index is 13.5. The largest absolute Gasteiger partial charge is 0.483 e. The SMILES string of the molecule is Cc1cccc(OC(C)c2nc3ccccc3n2CC(=O)N(c2ccccc2)C(C)C)c1. The predicted molar refractivity (Wildman–Crippen MR) is 129 cm³/mol. The molecule has 0 aliphatic heterocycles. The van der Waals surface area contributed by atoms with Crippen molar-refractivity contribution in [2.45, 2.75) is 46.4 Å². The number of ether oxygens (including phenoxy) is 1. The summed E-state index contributed by atoms with van der Waals surface area (Å²) in [6.45, 7) is 8.25. The van der Waals surface area contributed by atoms with E-state index in [1.807, 2.05) is 116 Å². The van der Waals surface area contributed by atoms with Crippen LogP contribution < -0.4 is 9.64 Å². The minimum absolute atomic E-state index is 0.0124. The van der Waals surface area contributed by atoms with Crippen molar-refractivity contribution < 1.29 is 9.53 Å². The van der Waals surface area contributed by atoms with E-state index >= 15 is 0 Å². The van der Waals surface area contributed by atoms with Crippen molar-refractivity contribution in [1.82, 2.24) is 9.55 Å². The highest BCUT2D eigenvalue weighted by Crippen LogP contribution is 2.27. The predicted octanol–water partition coefficient (Wildman–Crippen LogP) is 5.93. The van der Waals surface area contributed by atoms with Gasteiger partial charge in [-0.25, -0.2) is 4.98 Å². The van der Waals surface area contributed by atoms with Crippen molar-refractivity contribution in [3.63, 3.8) is 0 Å². The lowest BCUT2D eigenvalue weighted by Gasteiger charge is -2.28. The number of carbonyl (C=O) groups excluding carboxylic acids is 1. The van der Waals surface area contributed by atoms with Gasteiger partial charge in [-0.15, -0.1) is 0 Å². The summed E-state index contributed by atoms with van der Waals surface area (Å²) >= 11 is 0. The smallest absolute Gasteiger partial charge is 0.247 e. The molecule has 0 saturated heterocycles. The van der Waals surface area contributed by atoms with Gasteiger partial charge in [-0.05, 0) is 69.7 Å². The third-order valence-electron chi connectivity index (χ3n) is 5.46. The molecule has 0 bridgehead atoms. The van der Waals surface area contributed by atoms with E-state index in [9.17, 15) is 4.79 Å². The summed E-state index contributed by atoms with van der Waals surface area (Å²) in [4.78, 5) is 20.2. The molecule has 0 aliphatic rings. The highest BCUT2D eigenvalue weighted by atomic mass is 16.5. The Kier molecular flexibility index (Phi) is 6.26. The number of imidazole rings is 1. The van der Waals surface area contributed by atoms with Crippen LogP contribution in [0.25, 0.3) is 11.0 Å². The lowest BCUT2D eigenvalue weighted by atomic mass is 10.2. The van der Waals surface area contributed by atoms with Crippen molar-refractivity contribution in [2.75, 3.05) is 4.90 Å². The fourth-order valence-electron chi connectivity index (χ4n) is 4.05. The van der Waals surface area contributed by atoms with E-state index in [1.165, 1.54) is 0 Å². The van der Waals surface area contributed by atoms with Crippen molar-refractivity contribution in [1.29, 1.82) is 0 Å². The second-order valence-electron chi connectivity index (χ2n) is 8.31. The van der Waals surface area contributed by atoms with Gasteiger partial charge in [-0.2, -0.15) is 0 Å². The normalized spacial score (nSPS) is 12.2. The molecule has 5 nitrogen and oxygen atoms in total. The Bertz CT molecular complexity index is 1210. The minimum Gasteiger partial charge on any atom is -0.483 e. The average Bonchev–Trinajstić information content (AvgIpc) is 3.13. The quantitative estimate of drug-likeness (QED) is 0.367. The molecule has 1 aromatic heterocycles. The maximum Gasteiger partial charge on any atom is 0.247 e. The molecule has 0 fully saturated rings. The van der Waals surface area contributed by atoms with Gasteiger partial charge in [0.05, 0.1) is 11.0 Å². The molecule has 1 amide bonds. The molecule has 4 aromatic rings. The zero-order valence-electron chi connectivity index (χ0n) is 19.0. The molecule has 0 radical (unpaired) electrons. The van der Waals surface area contributed by atoms with Crippen LogP contribution >= 0.6 is 0 Å². The van der Waals surface area contributed by atoms with Crippen molar-refractivity contribution >= 4 is 22.6 Å². The van der Waals surface area contributed by atoms with E-state index < -0.39 is 0 Å². The van der Waals surface area contributed by atoms with Crippen molar-refractivity contribution in [3.05, 3.63) is 90.3 Å². The summed E-state index contributed by atoms with van der Waals surface area (Å²) in [7, 11) is 0. The fourth-order valence-corrected chi connectivity index (χ4v) is 4.05. The Morgan fingerprint density at radius 2 is 1.69 bits per heavy atom. The van der Waals surface area contributed by atoms with Gasteiger partial charge in [-0.3, -0.25) is 4.79 Å². The van der Waals surface area contributed by atoms with Crippen LogP contribution in [-0.4, -0.2) is 21.5 Å². The average molecular weight is 428 g/mol. The van der Waals surface area contributed by atoms with Gasteiger partial charge >= 0.3 is 0 Å². The molecule has 0 aliphatic carbocycles. The molecule has 0 saturated carbocycles. The molecule has 5 heteroatoms. The zero-order valence-corrected chi connectivity index (χ0v) is 19.0. The standard InChI is InChI=1S/C27H29N3O2/c1-19(2)30(22-12-6-5-7-13-22)26(31)18-29-25-16-9-8-15-24(25)28-27(29)21(4)32-23-14-10-11-20(3)17-23/h5-17,19,21H,18H2,1-4H3. The maximum atomic E-state index is 13.5. The molecule has 164 valence electrons. The number of aromatic nitrogens is 2. The number of rotatable bonds is 7. The lowest BCUT2D eigenvalue weighted by molar-refractivity contribution is -0.119. The van der Waals surface area contributed by atoms with E-state index in [1.54, 1.807) is 0 Å². The van der Waals surface area contributed by atoms with E-state index in [-0.39, 0.29) is 24.6 Å². The van der Waals surface area contributed by atoms with Gasteiger partial charge < -0.3 is 14.2 Å². The first-order valence-electron chi connectivity index (χ1n) is 11.0. The summed E-state index contributed by atoms with van der Waals surface area (Å²) < 4.78 is 8.20. The molecule has 0 N–H and O–H groups in total. The van der Waals surface area contributed by atoms with Gasteiger partial charge in [0, 0.05) is 11.7 Å². The zero-order chi connectivity index (χ0) is 22.7. The van der Waals surface area contributed by atoms with Gasteiger partial charge in [0.15, 0.2) is 11.9 Å². The van der Waals surface area contributed by atoms with Gasteiger partial charge in [0.1, 0.15) is 12.3 Å². The topological polar surface area (TPSA) is 47.4 Å². The summed E-state index contributed by atoms with van der Waals surface area (Å²) in [6, 6.07) is 25.7. The number of hydrogen-bond acceptors (Lipinski definition) is 3. The fraction of sp³-hybridized carbons (Fsp3) is 0.259. The van der Waals surface area contributed by atoms with Crippen LogP contribution in [0.5, 0.6) is 5.75 Å². The molecule has 4 rings (SSSR count). The minimum atomic E-state index is -0.318. The number of aryl methyl sites for hydroxylation is 1. The lowest BCUT2D eigenvalue weighted by Crippen LogP contribution is -2.39. The molecule has 3 aromatic carbocycles. The number of nitrogens with zero attached hydrogens (tertiary/aromatic N) is 3. The highest BCUT2D eigenvalue weighted by molar-refractivity contribution is 5.94. The van der Waals surface area contributed by atoms with Crippen LogP contribution in [-0.2, 0) is 11.3 Å². The Labute approximate surface area is 189 Å². The van der Waals surface area contributed by atoms with Crippen LogP contribution in [0.15, 0.2) is 78.9 Å². The number of fused-ring (bicyclic) bond motifs is 1. The number of hydrogen-bond donors (Lipinski definition) is 0. The summed E-state index contributed by atoms with van der Waals surface area (Å²) in [5.74, 6) is 1.53. The van der Waals surface area contributed by atoms with E-state index in [2.05, 4.69) is 0 Å². The van der Waals surface area contributed by atoms with Crippen LogP contribution in [0.4, 0.5) is 5.69 Å². The highest BCUT2D eigenvalue weighted by Gasteiger charge is 2.24. The Morgan fingerprint density at radius 3 is 2.41 bits per heavy atom. The van der Waals surface area contributed by atoms with Gasteiger partial charge in [0.25, 0.3) is 0 Å². The molecule has 1 unspecified atom stereocenters. The van der Waals surface area contributed by atoms with E-state index in [0.29, 0.717) is 0 Å². The van der Waals surface area contributed by atoms with Crippen molar-refractivity contribution in [2.24, 2.45) is 0 Å². The first-order chi connectivity index (χ1) is 15.4. The molecule has 32 heavy (non-hydrogen) atoms. The van der Waals surface area contributed by atoms with E-state index in [0.717, 1.165) is 33.9 Å². The first-order valence-corrected chi connectivity index (χ1v) is 11.0. The Balaban J connectivity index is 1.69.